The number of carbonyl (C=O) groups excluding carboxylic acids is 1. The molecule has 2 N–H and O–H groups in total. The van der Waals surface area contributed by atoms with Crippen molar-refractivity contribution in [2.75, 3.05) is 37.6 Å². The number of anilines is 1. The fraction of sp³-hybridized carbons (Fsp3) is 0.389. The van der Waals surface area contributed by atoms with Crippen LogP contribution in [-0.2, 0) is 11.3 Å². The number of nitrogens with one attached hydrogen (secondary N) is 2. The molecule has 0 unspecified atom stereocenters. The first-order valence-corrected chi connectivity index (χ1v) is 8.44. The largest absolute Gasteiger partial charge is 0.369 e. The van der Waals surface area contributed by atoms with E-state index in [9.17, 15) is 9.59 Å². The molecule has 2 aromatic rings. The monoisotopic (exact) mass is 341 g/mol. The van der Waals surface area contributed by atoms with Crippen molar-refractivity contribution in [3.05, 3.63) is 58.3 Å². The van der Waals surface area contributed by atoms with Crippen molar-refractivity contribution in [3.63, 3.8) is 0 Å². The lowest BCUT2D eigenvalue weighted by atomic mass is 10.2. The van der Waals surface area contributed by atoms with Crippen LogP contribution >= 0.6 is 0 Å². The smallest absolute Gasteiger partial charge is 0.250 e. The van der Waals surface area contributed by atoms with Gasteiger partial charge in [-0.15, -0.1) is 0 Å². The fourth-order valence-electron chi connectivity index (χ4n) is 2.94. The number of rotatable bonds is 5. The van der Waals surface area contributed by atoms with Crippen molar-refractivity contribution < 1.29 is 4.79 Å². The van der Waals surface area contributed by atoms with Crippen LogP contribution in [0, 0.1) is 6.92 Å². The zero-order valence-corrected chi connectivity index (χ0v) is 14.4. The van der Waals surface area contributed by atoms with Crippen molar-refractivity contribution in [3.8, 4) is 0 Å². The molecule has 1 aliphatic heterocycles. The molecule has 0 bridgehead atoms. The molecule has 1 aromatic heterocycles. The summed E-state index contributed by atoms with van der Waals surface area (Å²) < 4.78 is 0. The molecule has 0 spiro atoms. The minimum Gasteiger partial charge on any atom is -0.369 e. The molecule has 1 aliphatic rings. The van der Waals surface area contributed by atoms with Crippen LogP contribution in [0.4, 0.5) is 5.69 Å². The zero-order chi connectivity index (χ0) is 17.6. The Balaban J connectivity index is 1.44. The van der Waals surface area contributed by atoms with Crippen LogP contribution in [-0.4, -0.2) is 53.5 Å². The van der Waals surface area contributed by atoms with Crippen molar-refractivity contribution in [1.29, 1.82) is 0 Å². The maximum atomic E-state index is 12.1. The highest BCUT2D eigenvalue weighted by molar-refractivity contribution is 5.78. The molecule has 1 saturated heterocycles. The Kier molecular flexibility index (Phi) is 5.45. The van der Waals surface area contributed by atoms with E-state index in [4.69, 9.17) is 0 Å². The lowest BCUT2D eigenvalue weighted by Crippen LogP contribution is -2.49. The quantitative estimate of drug-likeness (QED) is 0.828. The normalized spacial score (nSPS) is 15.2. The molecular weight excluding hydrogens is 318 g/mol. The average molecular weight is 341 g/mol. The second-order valence-corrected chi connectivity index (χ2v) is 6.28. The van der Waals surface area contributed by atoms with Gasteiger partial charge in [-0.1, -0.05) is 12.1 Å². The topological polar surface area (TPSA) is 81.3 Å². The van der Waals surface area contributed by atoms with Gasteiger partial charge < -0.3 is 15.2 Å². The first kappa shape index (κ1) is 17.2. The summed E-state index contributed by atoms with van der Waals surface area (Å²) in [6, 6.07) is 9.88. The summed E-state index contributed by atoms with van der Waals surface area (Å²) in [7, 11) is 0. The van der Waals surface area contributed by atoms with Crippen LogP contribution in [0.25, 0.3) is 0 Å². The van der Waals surface area contributed by atoms with Crippen molar-refractivity contribution >= 4 is 11.6 Å². The van der Waals surface area contributed by atoms with E-state index in [0.717, 1.165) is 26.2 Å². The lowest BCUT2D eigenvalue weighted by molar-refractivity contribution is -0.122. The number of benzene rings is 1. The molecule has 7 heteroatoms. The highest BCUT2D eigenvalue weighted by Gasteiger charge is 2.19. The Morgan fingerprint density at radius 3 is 2.76 bits per heavy atom. The Morgan fingerprint density at radius 1 is 1.24 bits per heavy atom. The Hall–Kier alpha value is -2.67. The molecule has 0 radical (unpaired) electrons. The number of carbonyl (C=O) groups is 1. The van der Waals surface area contributed by atoms with Gasteiger partial charge in [0.15, 0.2) is 0 Å². The van der Waals surface area contributed by atoms with Gasteiger partial charge in [-0.3, -0.25) is 14.5 Å². The molecule has 1 aromatic carbocycles. The van der Waals surface area contributed by atoms with E-state index in [2.05, 4.69) is 56.3 Å². The Morgan fingerprint density at radius 2 is 2.04 bits per heavy atom. The Labute approximate surface area is 146 Å². The number of aryl methyl sites for hydroxylation is 1. The third-order valence-corrected chi connectivity index (χ3v) is 4.31. The molecule has 0 atom stereocenters. The molecule has 0 saturated carbocycles. The summed E-state index contributed by atoms with van der Waals surface area (Å²) in [5.41, 5.74) is 2.84. The van der Waals surface area contributed by atoms with Gasteiger partial charge in [0.05, 0.1) is 25.1 Å². The summed E-state index contributed by atoms with van der Waals surface area (Å²) in [4.78, 5) is 34.3. The maximum absolute atomic E-state index is 12.1. The lowest BCUT2D eigenvalue weighted by Gasteiger charge is -2.35. The average Bonchev–Trinajstić information content (AvgIpc) is 2.61. The highest BCUT2D eigenvalue weighted by atomic mass is 16.2. The van der Waals surface area contributed by atoms with E-state index < -0.39 is 0 Å². The van der Waals surface area contributed by atoms with Gasteiger partial charge in [0.2, 0.25) is 5.91 Å². The van der Waals surface area contributed by atoms with E-state index in [-0.39, 0.29) is 18.0 Å². The van der Waals surface area contributed by atoms with Crippen LogP contribution in [0.3, 0.4) is 0 Å². The standard InChI is InChI=1S/C18H23N5O2/c1-14-3-2-4-16(9-14)23-7-5-22(6-8-23)12-18(25)19-11-15-10-17(24)21-13-20-15/h2-4,9-10,13H,5-8,11-12H2,1H3,(H,19,25)(H,20,21,24). The van der Waals surface area contributed by atoms with Crippen molar-refractivity contribution in [2.24, 2.45) is 0 Å². The third-order valence-electron chi connectivity index (χ3n) is 4.31. The molecular formula is C18H23N5O2. The summed E-state index contributed by atoms with van der Waals surface area (Å²) in [5, 5.41) is 2.81. The first-order valence-electron chi connectivity index (χ1n) is 8.44. The number of hydrogen-bond acceptors (Lipinski definition) is 5. The van der Waals surface area contributed by atoms with Crippen molar-refractivity contribution in [1.82, 2.24) is 20.2 Å². The van der Waals surface area contributed by atoms with E-state index in [1.54, 1.807) is 0 Å². The van der Waals surface area contributed by atoms with Gasteiger partial charge >= 0.3 is 0 Å². The second-order valence-electron chi connectivity index (χ2n) is 6.28. The summed E-state index contributed by atoms with van der Waals surface area (Å²) in [6.45, 7) is 6.25. The number of amides is 1. The fourth-order valence-corrected chi connectivity index (χ4v) is 2.94. The molecule has 132 valence electrons. The summed E-state index contributed by atoms with van der Waals surface area (Å²) >= 11 is 0. The van der Waals surface area contributed by atoms with Crippen molar-refractivity contribution in [2.45, 2.75) is 13.5 Å². The number of nitrogens with zero attached hydrogens (tertiary/aromatic N) is 3. The predicted molar refractivity (Wildman–Crippen MR) is 96.5 cm³/mol. The summed E-state index contributed by atoms with van der Waals surface area (Å²) in [5.74, 6) is -0.0499. The molecule has 2 heterocycles. The van der Waals surface area contributed by atoms with Gasteiger partial charge in [0.25, 0.3) is 5.56 Å². The number of aromatic amines is 1. The minimum atomic E-state index is -0.216. The van der Waals surface area contributed by atoms with Crippen LogP contribution in [0.15, 0.2) is 41.5 Å². The van der Waals surface area contributed by atoms with Gasteiger partial charge in [-0.2, -0.15) is 0 Å². The number of hydrogen-bond donors (Lipinski definition) is 2. The third kappa shape index (κ3) is 4.90. The van der Waals surface area contributed by atoms with E-state index in [1.807, 2.05) is 0 Å². The Bertz CT molecular complexity index is 781. The first-order chi connectivity index (χ1) is 12.1. The maximum Gasteiger partial charge on any atom is 0.250 e. The summed E-state index contributed by atoms with van der Waals surface area (Å²) in [6.07, 6.45) is 1.34. The molecule has 7 nitrogen and oxygen atoms in total. The van der Waals surface area contributed by atoms with Crippen LogP contribution < -0.4 is 15.8 Å². The number of piperazine rings is 1. The van der Waals surface area contributed by atoms with E-state index in [1.165, 1.54) is 23.6 Å². The van der Waals surface area contributed by atoms with Crippen LogP contribution in [0.2, 0.25) is 0 Å². The van der Waals surface area contributed by atoms with Gasteiger partial charge in [0, 0.05) is 37.9 Å². The predicted octanol–water partition coefficient (Wildman–Crippen LogP) is 0.517. The van der Waals surface area contributed by atoms with E-state index >= 15 is 0 Å². The molecule has 1 fully saturated rings. The SMILES string of the molecule is Cc1cccc(N2CCN(CC(=O)NCc3cc(=O)[nH]cn3)CC2)c1. The molecule has 3 rings (SSSR count). The number of aromatic nitrogens is 2. The van der Waals surface area contributed by atoms with Crippen LogP contribution in [0.5, 0.6) is 0 Å². The molecule has 25 heavy (non-hydrogen) atoms. The molecule has 0 aliphatic carbocycles. The van der Waals surface area contributed by atoms with Gasteiger partial charge in [-0.05, 0) is 24.6 Å². The van der Waals surface area contributed by atoms with Gasteiger partial charge in [-0.25, -0.2) is 4.98 Å². The van der Waals surface area contributed by atoms with Gasteiger partial charge in [0.1, 0.15) is 0 Å². The number of H-pyrrole nitrogens is 1. The minimum absolute atomic E-state index is 0.0499. The van der Waals surface area contributed by atoms with E-state index in [0.29, 0.717) is 12.2 Å². The second kappa shape index (κ2) is 7.94. The molecule has 1 amide bonds. The zero-order valence-electron chi connectivity index (χ0n) is 14.4. The highest BCUT2D eigenvalue weighted by Crippen LogP contribution is 2.17. The van der Waals surface area contributed by atoms with Crippen LogP contribution in [0.1, 0.15) is 11.3 Å².